The quantitative estimate of drug-likeness (QED) is 0.650. The highest BCUT2D eigenvalue weighted by Crippen LogP contribution is 2.35. The molecular weight excluding hydrogens is 353 g/mol. The summed E-state index contributed by atoms with van der Waals surface area (Å²) < 4.78 is 45.6. The SMILES string of the molecule is COc1ccc2c(c1CNC(=O)c1ccc(OC(F)(F)F)cc1)NNN2. The standard InChI is InChI=1S/C16H15F3N4O3/c1-25-13-7-6-12-14(22-23-21-12)11(13)8-20-15(24)9-2-4-10(5-3-9)26-16(17,18)19/h2-7,21-23H,8H2,1H3,(H,20,24). The maximum atomic E-state index is 12.2. The minimum absolute atomic E-state index is 0.155. The van der Waals surface area contributed by atoms with Crippen molar-refractivity contribution in [2.75, 3.05) is 18.0 Å². The highest BCUT2D eigenvalue weighted by molar-refractivity contribution is 5.94. The lowest BCUT2D eigenvalue weighted by molar-refractivity contribution is -0.274. The molecule has 0 bridgehead atoms. The molecular formula is C16H15F3N4O3. The van der Waals surface area contributed by atoms with E-state index in [-0.39, 0.29) is 12.1 Å². The van der Waals surface area contributed by atoms with Crippen LogP contribution in [0, 0.1) is 0 Å². The van der Waals surface area contributed by atoms with Crippen molar-refractivity contribution in [3.8, 4) is 11.5 Å². The summed E-state index contributed by atoms with van der Waals surface area (Å²) in [5.41, 5.74) is 11.0. The van der Waals surface area contributed by atoms with Gasteiger partial charge in [-0.25, -0.2) is 0 Å². The Kier molecular flexibility index (Phi) is 4.76. The van der Waals surface area contributed by atoms with Gasteiger partial charge in [0.05, 0.1) is 18.5 Å². The number of hydrogen-bond donors (Lipinski definition) is 4. The van der Waals surface area contributed by atoms with Crippen molar-refractivity contribution < 1.29 is 27.4 Å². The normalized spacial score (nSPS) is 12.6. The second-order valence-corrected chi connectivity index (χ2v) is 5.30. The number of fused-ring (bicyclic) bond motifs is 1. The number of ether oxygens (including phenoxy) is 2. The van der Waals surface area contributed by atoms with Crippen LogP contribution in [0.4, 0.5) is 24.5 Å². The Morgan fingerprint density at radius 3 is 2.50 bits per heavy atom. The van der Waals surface area contributed by atoms with Crippen molar-refractivity contribution in [1.82, 2.24) is 10.9 Å². The Morgan fingerprint density at radius 1 is 1.12 bits per heavy atom. The van der Waals surface area contributed by atoms with Gasteiger partial charge in [0.15, 0.2) is 0 Å². The van der Waals surface area contributed by atoms with Crippen LogP contribution in [0.25, 0.3) is 0 Å². The van der Waals surface area contributed by atoms with Gasteiger partial charge in [-0.2, -0.15) is 0 Å². The van der Waals surface area contributed by atoms with Gasteiger partial charge in [0.2, 0.25) is 0 Å². The summed E-state index contributed by atoms with van der Waals surface area (Å²) in [4.78, 5) is 12.2. The maximum Gasteiger partial charge on any atom is 0.573 e. The number of nitrogens with one attached hydrogen (secondary N) is 4. The number of methoxy groups -OCH3 is 1. The smallest absolute Gasteiger partial charge is 0.496 e. The summed E-state index contributed by atoms with van der Waals surface area (Å²) in [5.74, 6) is -0.254. The van der Waals surface area contributed by atoms with Crippen molar-refractivity contribution in [2.45, 2.75) is 12.9 Å². The van der Waals surface area contributed by atoms with Gasteiger partial charge in [0.25, 0.3) is 5.91 Å². The first kappa shape index (κ1) is 17.7. The van der Waals surface area contributed by atoms with Crippen LogP contribution in [0.3, 0.4) is 0 Å². The Labute approximate surface area is 146 Å². The van der Waals surface area contributed by atoms with Crippen LogP contribution in [-0.4, -0.2) is 19.4 Å². The summed E-state index contributed by atoms with van der Waals surface area (Å²) in [6.45, 7) is 0.155. The highest BCUT2D eigenvalue weighted by atomic mass is 19.4. The minimum atomic E-state index is -4.77. The predicted octanol–water partition coefficient (Wildman–Crippen LogP) is 2.78. The second kappa shape index (κ2) is 7.00. The van der Waals surface area contributed by atoms with Gasteiger partial charge in [-0.15, -0.1) is 18.7 Å². The fourth-order valence-corrected chi connectivity index (χ4v) is 2.48. The molecule has 1 heterocycles. The third-order valence-electron chi connectivity index (χ3n) is 3.65. The lowest BCUT2D eigenvalue weighted by Crippen LogP contribution is -2.24. The van der Waals surface area contributed by atoms with Gasteiger partial charge >= 0.3 is 6.36 Å². The van der Waals surface area contributed by atoms with Gasteiger partial charge in [-0.1, -0.05) is 0 Å². The Bertz CT molecular complexity index is 810. The predicted molar refractivity (Wildman–Crippen MR) is 87.7 cm³/mol. The number of carbonyl (C=O) groups is 1. The number of hydrazine groups is 2. The molecule has 26 heavy (non-hydrogen) atoms. The zero-order valence-electron chi connectivity index (χ0n) is 13.5. The zero-order valence-corrected chi connectivity index (χ0v) is 13.5. The molecule has 0 saturated heterocycles. The van der Waals surface area contributed by atoms with Crippen molar-refractivity contribution in [3.05, 3.63) is 47.5 Å². The molecule has 0 spiro atoms. The highest BCUT2D eigenvalue weighted by Gasteiger charge is 2.31. The van der Waals surface area contributed by atoms with E-state index >= 15 is 0 Å². The molecule has 0 atom stereocenters. The van der Waals surface area contributed by atoms with Gasteiger partial charge < -0.3 is 25.6 Å². The molecule has 1 aliphatic rings. The number of halogens is 3. The summed E-state index contributed by atoms with van der Waals surface area (Å²) in [7, 11) is 1.52. The van der Waals surface area contributed by atoms with E-state index in [1.165, 1.54) is 19.2 Å². The molecule has 0 radical (unpaired) electrons. The Hall–Kier alpha value is -3.14. The molecule has 2 aromatic carbocycles. The van der Waals surface area contributed by atoms with Crippen molar-refractivity contribution in [1.29, 1.82) is 0 Å². The Balaban J connectivity index is 1.69. The van der Waals surface area contributed by atoms with E-state index in [1.54, 1.807) is 6.07 Å². The number of amides is 1. The lowest BCUT2D eigenvalue weighted by Gasteiger charge is -2.13. The van der Waals surface area contributed by atoms with Crippen LogP contribution in [0.5, 0.6) is 11.5 Å². The third kappa shape index (κ3) is 3.91. The fraction of sp³-hybridized carbons (Fsp3) is 0.188. The minimum Gasteiger partial charge on any atom is -0.496 e. The number of benzene rings is 2. The average Bonchev–Trinajstić information content (AvgIpc) is 3.07. The van der Waals surface area contributed by atoms with Gasteiger partial charge in [-0.05, 0) is 36.4 Å². The molecule has 138 valence electrons. The summed E-state index contributed by atoms with van der Waals surface area (Å²) in [6, 6.07) is 8.24. The van der Waals surface area contributed by atoms with Gasteiger partial charge in [-0.3, -0.25) is 4.79 Å². The lowest BCUT2D eigenvalue weighted by atomic mass is 10.1. The van der Waals surface area contributed by atoms with E-state index in [0.717, 1.165) is 23.5 Å². The first-order chi connectivity index (χ1) is 12.4. The summed E-state index contributed by atoms with van der Waals surface area (Å²) in [5, 5.41) is 2.71. The molecule has 2 aromatic rings. The average molecular weight is 368 g/mol. The molecule has 10 heteroatoms. The summed E-state index contributed by atoms with van der Waals surface area (Å²) >= 11 is 0. The number of carbonyl (C=O) groups excluding carboxylic acids is 1. The first-order valence-electron chi connectivity index (χ1n) is 7.48. The van der Waals surface area contributed by atoms with Crippen molar-refractivity contribution in [2.24, 2.45) is 0 Å². The molecule has 3 rings (SSSR count). The number of alkyl halides is 3. The van der Waals surface area contributed by atoms with E-state index in [9.17, 15) is 18.0 Å². The van der Waals surface area contributed by atoms with Crippen LogP contribution in [0.2, 0.25) is 0 Å². The number of anilines is 2. The maximum absolute atomic E-state index is 12.2. The molecule has 0 aromatic heterocycles. The molecule has 0 saturated carbocycles. The van der Waals surface area contributed by atoms with Crippen LogP contribution in [0.1, 0.15) is 15.9 Å². The van der Waals surface area contributed by atoms with Gasteiger partial charge in [0.1, 0.15) is 11.5 Å². The molecule has 7 nitrogen and oxygen atoms in total. The van der Waals surface area contributed by atoms with Crippen LogP contribution in [0.15, 0.2) is 36.4 Å². The van der Waals surface area contributed by atoms with E-state index < -0.39 is 18.0 Å². The number of hydrogen-bond acceptors (Lipinski definition) is 6. The molecule has 0 aliphatic carbocycles. The van der Waals surface area contributed by atoms with E-state index in [2.05, 4.69) is 26.4 Å². The third-order valence-corrected chi connectivity index (χ3v) is 3.65. The molecule has 0 fully saturated rings. The topological polar surface area (TPSA) is 83.7 Å². The van der Waals surface area contributed by atoms with E-state index in [1.807, 2.05) is 6.07 Å². The van der Waals surface area contributed by atoms with E-state index in [0.29, 0.717) is 11.3 Å². The van der Waals surface area contributed by atoms with E-state index in [4.69, 9.17) is 4.74 Å². The van der Waals surface area contributed by atoms with Crippen LogP contribution < -0.4 is 31.2 Å². The Morgan fingerprint density at radius 2 is 1.85 bits per heavy atom. The second-order valence-electron chi connectivity index (χ2n) is 5.30. The first-order valence-corrected chi connectivity index (χ1v) is 7.48. The summed E-state index contributed by atoms with van der Waals surface area (Å²) in [6.07, 6.45) is -4.77. The largest absolute Gasteiger partial charge is 0.573 e. The molecule has 0 unspecified atom stereocenters. The van der Waals surface area contributed by atoms with Crippen molar-refractivity contribution >= 4 is 17.3 Å². The van der Waals surface area contributed by atoms with Gasteiger partial charge in [0, 0.05) is 17.7 Å². The molecule has 1 amide bonds. The number of rotatable bonds is 5. The van der Waals surface area contributed by atoms with Crippen molar-refractivity contribution in [3.63, 3.8) is 0 Å². The zero-order chi connectivity index (χ0) is 18.7. The monoisotopic (exact) mass is 368 g/mol. The van der Waals surface area contributed by atoms with Crippen LogP contribution in [-0.2, 0) is 6.54 Å². The van der Waals surface area contributed by atoms with Crippen LogP contribution >= 0.6 is 0 Å². The molecule has 1 aliphatic heterocycles. The molecule has 4 N–H and O–H groups in total. The fourth-order valence-electron chi connectivity index (χ4n) is 2.48.